The second-order valence-electron chi connectivity index (χ2n) is 11.2. The van der Waals surface area contributed by atoms with Gasteiger partial charge in [0.25, 0.3) is 0 Å². The van der Waals surface area contributed by atoms with Gasteiger partial charge in [-0.15, -0.1) is 0 Å². The van der Waals surface area contributed by atoms with Crippen molar-refractivity contribution in [3.8, 4) is 0 Å². The van der Waals surface area contributed by atoms with E-state index in [1.165, 1.54) is 44.6 Å². The summed E-state index contributed by atoms with van der Waals surface area (Å²) < 4.78 is 2.21. The van der Waals surface area contributed by atoms with Gasteiger partial charge in [-0.1, -0.05) is 31.9 Å². The van der Waals surface area contributed by atoms with E-state index in [2.05, 4.69) is 56.3 Å². The Bertz CT molecular complexity index is 1180. The molecule has 9 nitrogen and oxygen atoms in total. The highest BCUT2D eigenvalue weighted by molar-refractivity contribution is 5.86. The molecule has 192 valence electrons. The molecule has 9 heteroatoms. The molecule has 1 atom stereocenters. The number of aromatic nitrogens is 4. The average Bonchev–Trinajstić information content (AvgIpc) is 3.51. The normalized spacial score (nSPS) is 21.0. The highest BCUT2D eigenvalue weighted by atomic mass is 16.3. The van der Waals surface area contributed by atoms with Crippen molar-refractivity contribution >= 4 is 28.6 Å². The summed E-state index contributed by atoms with van der Waals surface area (Å²) in [5, 5.41) is 16.5. The molecule has 1 unspecified atom stereocenters. The van der Waals surface area contributed by atoms with Crippen LogP contribution in [-0.2, 0) is 6.54 Å². The van der Waals surface area contributed by atoms with Crippen molar-refractivity contribution in [1.29, 1.82) is 0 Å². The van der Waals surface area contributed by atoms with E-state index in [9.17, 15) is 5.11 Å². The van der Waals surface area contributed by atoms with Gasteiger partial charge in [0, 0.05) is 49.9 Å². The van der Waals surface area contributed by atoms with E-state index in [4.69, 9.17) is 15.0 Å². The first-order valence-electron chi connectivity index (χ1n) is 13.4. The molecule has 0 radical (unpaired) electrons. The lowest BCUT2D eigenvalue weighted by atomic mass is 9.73. The number of hydrogen-bond donors (Lipinski definition) is 3. The smallest absolute Gasteiger partial charge is 0.227 e. The first-order chi connectivity index (χ1) is 17.5. The summed E-state index contributed by atoms with van der Waals surface area (Å²) in [4.78, 5) is 19.3. The van der Waals surface area contributed by atoms with Crippen molar-refractivity contribution in [2.75, 3.05) is 50.5 Å². The Kier molecular flexibility index (Phi) is 6.31. The van der Waals surface area contributed by atoms with E-state index in [0.29, 0.717) is 23.2 Å². The monoisotopic (exact) mass is 490 g/mol. The molecule has 36 heavy (non-hydrogen) atoms. The molecule has 3 aromatic rings. The molecular weight excluding hydrogens is 452 g/mol. The number of nitrogens with zero attached hydrogens (tertiary/aromatic N) is 6. The minimum atomic E-state index is -0.0848. The second kappa shape index (κ2) is 9.61. The van der Waals surface area contributed by atoms with Gasteiger partial charge in [-0.25, -0.2) is 4.98 Å². The predicted octanol–water partition coefficient (Wildman–Crippen LogP) is 3.62. The van der Waals surface area contributed by atoms with Crippen LogP contribution in [0.3, 0.4) is 0 Å². The highest BCUT2D eigenvalue weighted by Crippen LogP contribution is 2.39. The Balaban J connectivity index is 1.20. The van der Waals surface area contributed by atoms with Gasteiger partial charge in [0.15, 0.2) is 17.0 Å². The molecule has 4 heterocycles. The fraction of sp³-hybridized carbons (Fsp3) is 0.593. The number of fused-ring (bicyclic) bond motifs is 1. The Labute approximate surface area is 212 Å². The van der Waals surface area contributed by atoms with Crippen molar-refractivity contribution in [2.24, 2.45) is 5.41 Å². The fourth-order valence-electron chi connectivity index (χ4n) is 6.38. The summed E-state index contributed by atoms with van der Waals surface area (Å²) in [6.45, 7) is 7.99. The SMILES string of the molecule is CCC(CO)Nc1nc(Nc2ccc(CN3CC4(CN(C)C4)C3)cc2)c2ncn(C3CCCC3)c2n1. The first-order valence-corrected chi connectivity index (χ1v) is 13.4. The maximum absolute atomic E-state index is 9.70. The van der Waals surface area contributed by atoms with E-state index >= 15 is 0 Å². The highest BCUT2D eigenvalue weighted by Gasteiger charge is 2.49. The minimum absolute atomic E-state index is 0.0405. The van der Waals surface area contributed by atoms with Gasteiger partial charge in [0.2, 0.25) is 5.95 Å². The van der Waals surface area contributed by atoms with Crippen LogP contribution in [0.1, 0.15) is 50.6 Å². The molecular formula is C27H38N8O. The van der Waals surface area contributed by atoms with Crippen molar-refractivity contribution in [3.05, 3.63) is 36.2 Å². The van der Waals surface area contributed by atoms with Crippen LogP contribution in [0.15, 0.2) is 30.6 Å². The predicted molar refractivity (Wildman–Crippen MR) is 143 cm³/mol. The summed E-state index contributed by atoms with van der Waals surface area (Å²) in [6, 6.07) is 9.00. The number of aliphatic hydroxyl groups excluding tert-OH is 1. The third-order valence-corrected chi connectivity index (χ3v) is 8.14. The van der Waals surface area contributed by atoms with Crippen molar-refractivity contribution < 1.29 is 5.11 Å². The van der Waals surface area contributed by atoms with Crippen LogP contribution in [0.2, 0.25) is 0 Å². The molecule has 1 aliphatic carbocycles. The maximum atomic E-state index is 9.70. The van der Waals surface area contributed by atoms with E-state index < -0.39 is 0 Å². The molecule has 0 bridgehead atoms. The molecule has 1 aromatic carbocycles. The number of hydrogen-bond acceptors (Lipinski definition) is 8. The standard InChI is InChI=1S/C27H38N8O/c1-3-20(13-36)30-26-31-24(23-25(32-26)35(18-28-23)22-6-4-5-7-22)29-21-10-8-19(9-11-21)12-34-16-27(17-34)14-33(2)15-27/h8-11,18,20,22,36H,3-7,12-17H2,1-2H3,(H2,29,30,31,32). The van der Waals surface area contributed by atoms with Gasteiger partial charge >= 0.3 is 0 Å². The minimum Gasteiger partial charge on any atom is -0.394 e. The van der Waals surface area contributed by atoms with Crippen LogP contribution in [0, 0.1) is 5.41 Å². The Morgan fingerprint density at radius 1 is 1.08 bits per heavy atom. The van der Waals surface area contributed by atoms with E-state index in [-0.39, 0.29) is 12.6 Å². The van der Waals surface area contributed by atoms with E-state index in [0.717, 1.165) is 42.7 Å². The van der Waals surface area contributed by atoms with Crippen LogP contribution >= 0.6 is 0 Å². The molecule has 1 saturated carbocycles. The van der Waals surface area contributed by atoms with Gasteiger partial charge < -0.3 is 25.2 Å². The summed E-state index contributed by atoms with van der Waals surface area (Å²) in [7, 11) is 2.21. The van der Waals surface area contributed by atoms with Gasteiger partial charge in [-0.3, -0.25) is 4.90 Å². The molecule has 0 amide bonds. The average molecular weight is 491 g/mol. The quantitative estimate of drug-likeness (QED) is 0.419. The van der Waals surface area contributed by atoms with Crippen molar-refractivity contribution in [1.82, 2.24) is 29.3 Å². The molecule has 2 saturated heterocycles. The zero-order valence-corrected chi connectivity index (χ0v) is 21.5. The van der Waals surface area contributed by atoms with Crippen LogP contribution < -0.4 is 10.6 Å². The Hall–Kier alpha value is -2.75. The zero-order chi connectivity index (χ0) is 24.7. The molecule has 3 fully saturated rings. The first kappa shape index (κ1) is 23.6. The van der Waals surface area contributed by atoms with Crippen LogP contribution in [0.5, 0.6) is 0 Å². The Morgan fingerprint density at radius 2 is 1.83 bits per heavy atom. The van der Waals surface area contributed by atoms with Crippen LogP contribution in [0.4, 0.5) is 17.5 Å². The summed E-state index contributed by atoms with van der Waals surface area (Å²) in [5.74, 6) is 1.22. The number of benzene rings is 1. The number of likely N-dealkylation sites (tertiary alicyclic amines) is 2. The Morgan fingerprint density at radius 3 is 2.50 bits per heavy atom. The van der Waals surface area contributed by atoms with Crippen molar-refractivity contribution in [3.63, 3.8) is 0 Å². The van der Waals surface area contributed by atoms with Crippen LogP contribution in [-0.4, -0.2) is 80.3 Å². The summed E-state index contributed by atoms with van der Waals surface area (Å²) >= 11 is 0. The molecule has 2 aliphatic heterocycles. The fourth-order valence-corrected chi connectivity index (χ4v) is 6.38. The lowest BCUT2D eigenvalue weighted by molar-refractivity contribution is -0.107. The van der Waals surface area contributed by atoms with E-state index in [1.807, 2.05) is 13.3 Å². The third-order valence-electron chi connectivity index (χ3n) is 8.14. The molecule has 2 aromatic heterocycles. The lowest BCUT2D eigenvalue weighted by Crippen LogP contribution is -2.70. The third kappa shape index (κ3) is 4.55. The molecule has 3 N–H and O–H groups in total. The molecule has 6 rings (SSSR count). The van der Waals surface area contributed by atoms with Gasteiger partial charge in [-0.2, -0.15) is 9.97 Å². The zero-order valence-electron chi connectivity index (χ0n) is 21.5. The topological polar surface area (TPSA) is 94.4 Å². The van der Waals surface area contributed by atoms with Crippen LogP contribution in [0.25, 0.3) is 11.2 Å². The number of rotatable bonds is 9. The van der Waals surface area contributed by atoms with Gasteiger partial charge in [0.05, 0.1) is 19.0 Å². The maximum Gasteiger partial charge on any atom is 0.227 e. The second-order valence-corrected chi connectivity index (χ2v) is 11.2. The van der Waals surface area contributed by atoms with Gasteiger partial charge in [0.1, 0.15) is 0 Å². The largest absolute Gasteiger partial charge is 0.394 e. The summed E-state index contributed by atoms with van der Waals surface area (Å²) in [5.41, 5.74) is 4.51. The summed E-state index contributed by atoms with van der Waals surface area (Å²) in [6.07, 6.45) is 7.51. The number of aliphatic hydroxyl groups is 1. The molecule has 1 spiro atoms. The molecule has 3 aliphatic rings. The van der Waals surface area contributed by atoms with Crippen molar-refractivity contribution in [2.45, 2.75) is 57.7 Å². The lowest BCUT2D eigenvalue weighted by Gasteiger charge is -2.59. The number of imidazole rings is 1. The van der Waals surface area contributed by atoms with E-state index in [1.54, 1.807) is 0 Å². The van der Waals surface area contributed by atoms with Gasteiger partial charge in [-0.05, 0) is 44.0 Å². The number of anilines is 3. The number of nitrogens with one attached hydrogen (secondary N) is 2.